The van der Waals surface area contributed by atoms with E-state index >= 15 is 0 Å². The van der Waals surface area contributed by atoms with E-state index in [-0.39, 0.29) is 5.54 Å². The van der Waals surface area contributed by atoms with Crippen molar-refractivity contribution in [1.82, 2.24) is 10.2 Å². The van der Waals surface area contributed by atoms with Crippen molar-refractivity contribution >= 4 is 0 Å². The van der Waals surface area contributed by atoms with Crippen LogP contribution in [0.3, 0.4) is 0 Å². The van der Waals surface area contributed by atoms with Crippen molar-refractivity contribution in [3.05, 3.63) is 0 Å². The summed E-state index contributed by atoms with van der Waals surface area (Å²) < 4.78 is 5.14. The van der Waals surface area contributed by atoms with Gasteiger partial charge in [0.25, 0.3) is 0 Å². The molecule has 19 heavy (non-hydrogen) atoms. The highest BCUT2D eigenvalue weighted by atomic mass is 16.5. The first-order chi connectivity index (χ1) is 9.22. The van der Waals surface area contributed by atoms with Crippen molar-refractivity contribution < 1.29 is 4.74 Å². The molecule has 1 rings (SSSR count). The number of ether oxygens (including phenoxy) is 1. The van der Waals surface area contributed by atoms with Crippen molar-refractivity contribution in [2.24, 2.45) is 5.92 Å². The second-order valence-electron chi connectivity index (χ2n) is 5.42. The molecular formula is C15H29N3O. The highest BCUT2D eigenvalue weighted by Gasteiger charge is 2.42. The number of methoxy groups -OCH3 is 1. The van der Waals surface area contributed by atoms with Gasteiger partial charge in [0, 0.05) is 13.7 Å². The fourth-order valence-corrected chi connectivity index (χ4v) is 3.19. The lowest BCUT2D eigenvalue weighted by Gasteiger charge is -2.31. The van der Waals surface area contributed by atoms with Gasteiger partial charge in [-0.1, -0.05) is 20.3 Å². The summed E-state index contributed by atoms with van der Waals surface area (Å²) in [6.07, 6.45) is 4.47. The number of hydrogen-bond donors (Lipinski definition) is 1. The average molecular weight is 267 g/mol. The Hall–Kier alpha value is -0.630. The molecule has 1 fully saturated rings. The fourth-order valence-electron chi connectivity index (χ4n) is 3.19. The van der Waals surface area contributed by atoms with E-state index in [1.54, 1.807) is 7.11 Å². The van der Waals surface area contributed by atoms with Gasteiger partial charge < -0.3 is 9.64 Å². The Morgan fingerprint density at radius 3 is 2.79 bits per heavy atom. The summed E-state index contributed by atoms with van der Waals surface area (Å²) in [6.45, 7) is 9.05. The minimum absolute atomic E-state index is 0.268. The van der Waals surface area contributed by atoms with Crippen LogP contribution in [-0.2, 0) is 4.74 Å². The quantitative estimate of drug-likeness (QED) is 0.694. The van der Waals surface area contributed by atoms with Crippen molar-refractivity contribution in [3.8, 4) is 6.07 Å². The first-order valence-corrected chi connectivity index (χ1v) is 7.60. The van der Waals surface area contributed by atoms with Crippen LogP contribution in [0.25, 0.3) is 0 Å². The molecule has 0 amide bonds. The molecule has 1 N–H and O–H groups in total. The molecule has 110 valence electrons. The molecule has 0 radical (unpaired) electrons. The van der Waals surface area contributed by atoms with E-state index in [2.05, 4.69) is 30.1 Å². The first kappa shape index (κ1) is 16.4. The second kappa shape index (κ2) is 8.52. The summed E-state index contributed by atoms with van der Waals surface area (Å²) in [5.41, 5.74) is -0.268. The maximum absolute atomic E-state index is 9.54. The number of likely N-dealkylation sites (N-methyl/N-ethyl adjacent to an activating group) is 1. The van der Waals surface area contributed by atoms with E-state index in [0.29, 0.717) is 5.92 Å². The van der Waals surface area contributed by atoms with Crippen molar-refractivity contribution in [2.75, 3.05) is 39.9 Å². The molecule has 0 saturated heterocycles. The number of hydrogen-bond acceptors (Lipinski definition) is 4. The molecule has 1 aliphatic rings. The van der Waals surface area contributed by atoms with E-state index in [1.165, 1.54) is 12.8 Å². The molecule has 0 aromatic rings. The SMILES string of the molecule is CCNC1(C#N)CCCC1CCN(CC)CCOC. The van der Waals surface area contributed by atoms with Gasteiger partial charge in [-0.05, 0) is 44.8 Å². The number of nitrogens with one attached hydrogen (secondary N) is 1. The lowest BCUT2D eigenvalue weighted by molar-refractivity contribution is 0.143. The first-order valence-electron chi connectivity index (χ1n) is 7.60. The van der Waals surface area contributed by atoms with E-state index in [9.17, 15) is 5.26 Å². The zero-order valence-corrected chi connectivity index (χ0v) is 12.7. The van der Waals surface area contributed by atoms with E-state index in [0.717, 1.165) is 45.6 Å². The molecule has 0 bridgehead atoms. The minimum Gasteiger partial charge on any atom is -0.383 e. The highest BCUT2D eigenvalue weighted by Crippen LogP contribution is 2.37. The Bertz CT molecular complexity index is 290. The molecule has 4 nitrogen and oxygen atoms in total. The van der Waals surface area contributed by atoms with Crippen molar-refractivity contribution in [2.45, 2.75) is 45.1 Å². The highest BCUT2D eigenvalue weighted by molar-refractivity contribution is 5.14. The Morgan fingerprint density at radius 1 is 1.42 bits per heavy atom. The Kier molecular flexibility index (Phi) is 7.37. The normalized spacial score (nSPS) is 26.8. The molecule has 2 atom stereocenters. The molecule has 1 saturated carbocycles. The van der Waals surface area contributed by atoms with Crippen LogP contribution >= 0.6 is 0 Å². The third kappa shape index (κ3) is 4.45. The van der Waals surface area contributed by atoms with Crippen LogP contribution in [0.15, 0.2) is 0 Å². The van der Waals surface area contributed by atoms with Gasteiger partial charge in [0.15, 0.2) is 0 Å². The maximum atomic E-state index is 9.54. The van der Waals surface area contributed by atoms with Gasteiger partial charge in [-0.3, -0.25) is 5.32 Å². The van der Waals surface area contributed by atoms with Crippen LogP contribution in [0, 0.1) is 17.2 Å². The van der Waals surface area contributed by atoms with Gasteiger partial charge >= 0.3 is 0 Å². The molecule has 0 heterocycles. The largest absolute Gasteiger partial charge is 0.383 e. The van der Waals surface area contributed by atoms with Gasteiger partial charge in [-0.25, -0.2) is 0 Å². The monoisotopic (exact) mass is 267 g/mol. The van der Waals surface area contributed by atoms with Crippen molar-refractivity contribution in [3.63, 3.8) is 0 Å². The standard InChI is InChI=1S/C15H29N3O/c1-4-17-15(13-16)9-6-7-14(15)8-10-18(5-2)11-12-19-3/h14,17H,4-12H2,1-3H3. The molecule has 0 aromatic carbocycles. The third-order valence-corrected chi connectivity index (χ3v) is 4.37. The zero-order chi connectivity index (χ0) is 14.1. The topological polar surface area (TPSA) is 48.3 Å². The summed E-state index contributed by atoms with van der Waals surface area (Å²) in [4.78, 5) is 2.41. The average Bonchev–Trinajstić information content (AvgIpc) is 2.83. The number of rotatable bonds is 9. The lowest BCUT2D eigenvalue weighted by atomic mass is 9.85. The predicted molar refractivity (Wildman–Crippen MR) is 78.0 cm³/mol. The zero-order valence-electron chi connectivity index (χ0n) is 12.7. The lowest BCUT2D eigenvalue weighted by Crippen LogP contribution is -2.47. The van der Waals surface area contributed by atoms with Gasteiger partial charge in [-0.15, -0.1) is 0 Å². The van der Waals surface area contributed by atoms with Gasteiger partial charge in [0.2, 0.25) is 0 Å². The predicted octanol–water partition coefficient (Wildman–Crippen LogP) is 2.02. The van der Waals surface area contributed by atoms with Crippen molar-refractivity contribution in [1.29, 1.82) is 5.26 Å². The Labute approximate surface area is 118 Å². The summed E-state index contributed by atoms with van der Waals surface area (Å²) in [5.74, 6) is 0.494. The smallest absolute Gasteiger partial charge is 0.109 e. The third-order valence-electron chi connectivity index (χ3n) is 4.37. The Balaban J connectivity index is 2.48. The van der Waals surface area contributed by atoms with Gasteiger partial charge in [0.05, 0.1) is 12.7 Å². The summed E-state index contributed by atoms with van der Waals surface area (Å²) in [7, 11) is 1.75. The van der Waals surface area contributed by atoms with Crippen LogP contribution in [-0.4, -0.2) is 50.3 Å². The van der Waals surface area contributed by atoms with E-state index in [1.807, 2.05) is 0 Å². The summed E-state index contributed by atoms with van der Waals surface area (Å²) in [6, 6.07) is 2.56. The summed E-state index contributed by atoms with van der Waals surface area (Å²) in [5, 5.41) is 13.0. The maximum Gasteiger partial charge on any atom is 0.109 e. The van der Waals surface area contributed by atoms with Crippen LogP contribution in [0.4, 0.5) is 0 Å². The van der Waals surface area contributed by atoms with Crippen LogP contribution in [0.1, 0.15) is 39.5 Å². The molecule has 0 spiro atoms. The van der Waals surface area contributed by atoms with E-state index < -0.39 is 0 Å². The van der Waals surface area contributed by atoms with Crippen LogP contribution in [0.5, 0.6) is 0 Å². The molecule has 0 aromatic heterocycles. The van der Waals surface area contributed by atoms with Gasteiger partial charge in [0.1, 0.15) is 5.54 Å². The number of nitrogens with zero attached hydrogens (tertiary/aromatic N) is 2. The molecule has 4 heteroatoms. The molecule has 2 unspecified atom stereocenters. The number of nitriles is 1. The summed E-state index contributed by atoms with van der Waals surface area (Å²) >= 11 is 0. The Morgan fingerprint density at radius 2 is 2.21 bits per heavy atom. The molecular weight excluding hydrogens is 238 g/mol. The fraction of sp³-hybridized carbons (Fsp3) is 0.933. The van der Waals surface area contributed by atoms with Crippen LogP contribution in [0.2, 0.25) is 0 Å². The minimum atomic E-state index is -0.268. The second-order valence-corrected chi connectivity index (χ2v) is 5.42. The van der Waals surface area contributed by atoms with E-state index in [4.69, 9.17) is 4.74 Å². The van der Waals surface area contributed by atoms with Crippen LogP contribution < -0.4 is 5.32 Å². The molecule has 0 aliphatic heterocycles. The molecule has 1 aliphatic carbocycles. The van der Waals surface area contributed by atoms with Gasteiger partial charge in [-0.2, -0.15) is 5.26 Å².